The summed E-state index contributed by atoms with van der Waals surface area (Å²) in [4.78, 5) is 4.21. The molecule has 2 aromatic rings. The average Bonchev–Trinajstić information content (AvgIpc) is 2.90. The van der Waals surface area contributed by atoms with E-state index in [4.69, 9.17) is 5.11 Å². The lowest BCUT2D eigenvalue weighted by atomic mass is 10.2. The van der Waals surface area contributed by atoms with Crippen LogP contribution in [0.25, 0.3) is 0 Å². The standard InChI is InChI=1S/C12H14N2O3S2/c1-9-2-3-10(6-15)4-12(9)19(16,17)14-5-11-7-18-8-13-11/h2-4,7-8,14-15H,5-6H2,1H3. The molecule has 102 valence electrons. The number of sulfonamides is 1. The van der Waals surface area contributed by atoms with E-state index in [1.165, 1.54) is 17.4 Å². The molecule has 5 nitrogen and oxygen atoms in total. The van der Waals surface area contributed by atoms with Crippen molar-refractivity contribution in [2.45, 2.75) is 25.0 Å². The van der Waals surface area contributed by atoms with E-state index < -0.39 is 10.0 Å². The third-order valence-corrected chi connectivity index (χ3v) is 4.83. The molecule has 0 saturated heterocycles. The maximum absolute atomic E-state index is 12.2. The summed E-state index contributed by atoms with van der Waals surface area (Å²) in [6.07, 6.45) is 0. The first-order chi connectivity index (χ1) is 9.03. The molecule has 0 atom stereocenters. The number of nitrogens with zero attached hydrogens (tertiary/aromatic N) is 1. The molecule has 0 amide bonds. The molecule has 0 spiro atoms. The van der Waals surface area contributed by atoms with E-state index in [1.807, 2.05) is 0 Å². The minimum Gasteiger partial charge on any atom is -0.392 e. The molecule has 19 heavy (non-hydrogen) atoms. The summed E-state index contributed by atoms with van der Waals surface area (Å²) in [6, 6.07) is 4.87. The van der Waals surface area contributed by atoms with Crippen LogP contribution in [0.1, 0.15) is 16.8 Å². The minimum absolute atomic E-state index is 0.161. The van der Waals surface area contributed by atoms with E-state index in [1.54, 1.807) is 29.9 Å². The van der Waals surface area contributed by atoms with Gasteiger partial charge in [-0.25, -0.2) is 18.1 Å². The monoisotopic (exact) mass is 298 g/mol. The number of aryl methyl sites for hydroxylation is 1. The van der Waals surface area contributed by atoms with Gasteiger partial charge in [0.05, 0.1) is 29.3 Å². The molecule has 0 saturated carbocycles. The van der Waals surface area contributed by atoms with Crippen molar-refractivity contribution in [3.63, 3.8) is 0 Å². The van der Waals surface area contributed by atoms with Crippen LogP contribution in [0.2, 0.25) is 0 Å². The first-order valence-corrected chi connectivity index (χ1v) is 8.02. The highest BCUT2D eigenvalue weighted by Crippen LogP contribution is 2.17. The SMILES string of the molecule is Cc1ccc(CO)cc1S(=O)(=O)NCc1cscn1. The molecular formula is C12H14N2O3S2. The van der Waals surface area contributed by atoms with Crippen molar-refractivity contribution in [2.75, 3.05) is 0 Å². The number of benzene rings is 1. The summed E-state index contributed by atoms with van der Waals surface area (Å²) >= 11 is 1.42. The van der Waals surface area contributed by atoms with E-state index in [9.17, 15) is 8.42 Å². The molecule has 0 aliphatic rings. The largest absolute Gasteiger partial charge is 0.392 e. The molecular weight excluding hydrogens is 284 g/mol. The van der Waals surface area contributed by atoms with E-state index in [2.05, 4.69) is 9.71 Å². The van der Waals surface area contributed by atoms with E-state index in [-0.39, 0.29) is 18.0 Å². The van der Waals surface area contributed by atoms with Gasteiger partial charge in [-0.2, -0.15) is 0 Å². The van der Waals surface area contributed by atoms with Gasteiger partial charge in [0, 0.05) is 5.38 Å². The Labute approximate surface area is 116 Å². The van der Waals surface area contributed by atoms with Crippen molar-refractivity contribution in [1.29, 1.82) is 0 Å². The van der Waals surface area contributed by atoms with Crippen LogP contribution in [0.15, 0.2) is 34.0 Å². The van der Waals surface area contributed by atoms with Crippen LogP contribution in [-0.2, 0) is 23.2 Å². The lowest BCUT2D eigenvalue weighted by Crippen LogP contribution is -2.24. The molecule has 2 rings (SSSR count). The predicted molar refractivity (Wildman–Crippen MR) is 73.2 cm³/mol. The van der Waals surface area contributed by atoms with Gasteiger partial charge in [0.1, 0.15) is 0 Å². The van der Waals surface area contributed by atoms with E-state index in [0.717, 1.165) is 0 Å². The van der Waals surface area contributed by atoms with Crippen LogP contribution in [0.3, 0.4) is 0 Å². The normalized spacial score (nSPS) is 11.7. The zero-order chi connectivity index (χ0) is 13.9. The summed E-state index contributed by atoms with van der Waals surface area (Å²) in [7, 11) is -3.60. The number of aliphatic hydroxyl groups is 1. The Bertz CT molecular complexity index is 652. The molecule has 0 radical (unpaired) electrons. The number of hydrogen-bond acceptors (Lipinski definition) is 5. The number of aromatic nitrogens is 1. The van der Waals surface area contributed by atoms with Gasteiger partial charge in [0.15, 0.2) is 0 Å². The average molecular weight is 298 g/mol. The number of aliphatic hydroxyl groups excluding tert-OH is 1. The third-order valence-electron chi connectivity index (χ3n) is 2.65. The Balaban J connectivity index is 2.23. The van der Waals surface area contributed by atoms with Crippen molar-refractivity contribution < 1.29 is 13.5 Å². The highest BCUT2D eigenvalue weighted by molar-refractivity contribution is 7.89. The first kappa shape index (κ1) is 14.1. The molecule has 2 N–H and O–H groups in total. The van der Waals surface area contributed by atoms with Crippen LogP contribution >= 0.6 is 11.3 Å². The summed E-state index contributed by atoms with van der Waals surface area (Å²) in [5.41, 5.74) is 3.55. The summed E-state index contributed by atoms with van der Waals surface area (Å²) in [5.74, 6) is 0. The van der Waals surface area contributed by atoms with Gasteiger partial charge in [-0.1, -0.05) is 12.1 Å². The summed E-state index contributed by atoms with van der Waals surface area (Å²) < 4.78 is 26.9. The molecule has 1 aromatic carbocycles. The number of nitrogens with one attached hydrogen (secondary N) is 1. The van der Waals surface area contributed by atoms with Gasteiger partial charge in [-0.15, -0.1) is 11.3 Å². The van der Waals surface area contributed by atoms with Crippen molar-refractivity contribution in [3.8, 4) is 0 Å². The fourth-order valence-corrected chi connectivity index (χ4v) is 3.45. The Morgan fingerprint density at radius 1 is 1.42 bits per heavy atom. The van der Waals surface area contributed by atoms with Gasteiger partial charge in [0.25, 0.3) is 0 Å². The third kappa shape index (κ3) is 3.38. The quantitative estimate of drug-likeness (QED) is 0.875. The lowest BCUT2D eigenvalue weighted by Gasteiger charge is -2.09. The molecule has 1 heterocycles. The van der Waals surface area contributed by atoms with Crippen LogP contribution < -0.4 is 4.72 Å². The fraction of sp³-hybridized carbons (Fsp3) is 0.250. The maximum Gasteiger partial charge on any atom is 0.241 e. The van der Waals surface area contributed by atoms with Crippen LogP contribution in [0, 0.1) is 6.92 Å². The van der Waals surface area contributed by atoms with Gasteiger partial charge in [-0.3, -0.25) is 0 Å². The number of rotatable bonds is 5. The predicted octanol–water partition coefficient (Wildman–Crippen LogP) is 1.42. The zero-order valence-electron chi connectivity index (χ0n) is 10.3. The number of thiazole rings is 1. The Morgan fingerprint density at radius 2 is 2.21 bits per heavy atom. The highest BCUT2D eigenvalue weighted by atomic mass is 32.2. The Hall–Kier alpha value is -1.28. The van der Waals surface area contributed by atoms with Crippen molar-refractivity contribution in [2.24, 2.45) is 0 Å². The minimum atomic E-state index is -3.60. The highest BCUT2D eigenvalue weighted by Gasteiger charge is 2.17. The van der Waals surface area contributed by atoms with Crippen molar-refractivity contribution in [1.82, 2.24) is 9.71 Å². The Kier molecular flexibility index (Phi) is 4.31. The molecule has 0 aliphatic carbocycles. The smallest absolute Gasteiger partial charge is 0.241 e. The summed E-state index contributed by atoms with van der Waals surface area (Å²) in [5, 5.41) is 10.9. The van der Waals surface area contributed by atoms with Gasteiger partial charge >= 0.3 is 0 Å². The molecule has 0 bridgehead atoms. The topological polar surface area (TPSA) is 79.3 Å². The maximum atomic E-state index is 12.2. The lowest BCUT2D eigenvalue weighted by molar-refractivity contribution is 0.281. The second kappa shape index (κ2) is 5.79. The second-order valence-electron chi connectivity index (χ2n) is 4.06. The van der Waals surface area contributed by atoms with E-state index >= 15 is 0 Å². The second-order valence-corrected chi connectivity index (χ2v) is 6.52. The molecule has 7 heteroatoms. The number of hydrogen-bond donors (Lipinski definition) is 2. The molecule has 0 unspecified atom stereocenters. The van der Waals surface area contributed by atoms with E-state index in [0.29, 0.717) is 16.8 Å². The molecule has 1 aromatic heterocycles. The van der Waals surface area contributed by atoms with Gasteiger partial charge in [-0.05, 0) is 24.1 Å². The van der Waals surface area contributed by atoms with Crippen molar-refractivity contribution >= 4 is 21.4 Å². The van der Waals surface area contributed by atoms with Crippen LogP contribution in [0.5, 0.6) is 0 Å². The Morgan fingerprint density at radius 3 is 2.84 bits per heavy atom. The summed E-state index contributed by atoms with van der Waals surface area (Å²) in [6.45, 7) is 1.70. The molecule has 0 aliphatic heterocycles. The first-order valence-electron chi connectivity index (χ1n) is 5.60. The van der Waals surface area contributed by atoms with Gasteiger partial charge < -0.3 is 5.11 Å². The van der Waals surface area contributed by atoms with Crippen LogP contribution in [0.4, 0.5) is 0 Å². The van der Waals surface area contributed by atoms with Crippen molar-refractivity contribution in [3.05, 3.63) is 45.9 Å². The zero-order valence-corrected chi connectivity index (χ0v) is 12.0. The van der Waals surface area contributed by atoms with Gasteiger partial charge in [0.2, 0.25) is 10.0 Å². The molecule has 0 fully saturated rings. The fourth-order valence-electron chi connectivity index (χ4n) is 1.60. The van der Waals surface area contributed by atoms with Crippen LogP contribution in [-0.4, -0.2) is 18.5 Å².